The maximum absolute atomic E-state index is 12.5. The fourth-order valence-electron chi connectivity index (χ4n) is 3.07. The van der Waals surface area contributed by atoms with Crippen LogP contribution in [0.1, 0.15) is 24.0 Å². The van der Waals surface area contributed by atoms with Gasteiger partial charge >= 0.3 is 11.7 Å². The molecule has 2 aromatic carbocycles. The number of carbonyl (C=O) groups is 2. The number of halogens is 1. The van der Waals surface area contributed by atoms with Crippen molar-refractivity contribution in [1.29, 1.82) is 0 Å². The first kappa shape index (κ1) is 20.6. The molecular formula is C20H19ClN2O6. The molecule has 0 saturated heterocycles. The molecule has 0 unspecified atom stereocenters. The summed E-state index contributed by atoms with van der Waals surface area (Å²) in [4.78, 5) is 35.3. The Bertz CT molecular complexity index is 970. The third kappa shape index (κ3) is 4.32. The number of carbonyl (C=O) groups excluding carboxylic acids is 2. The summed E-state index contributed by atoms with van der Waals surface area (Å²) in [5, 5.41) is 14.2. The Kier molecular flexibility index (Phi) is 5.74. The summed E-state index contributed by atoms with van der Waals surface area (Å²) < 4.78 is 10.2. The van der Waals surface area contributed by atoms with Crippen LogP contribution in [0.2, 0.25) is 5.02 Å². The van der Waals surface area contributed by atoms with Gasteiger partial charge in [0.25, 0.3) is 5.91 Å². The topological polar surface area (TPSA) is 108 Å². The second kappa shape index (κ2) is 8.08. The number of anilines is 1. The van der Waals surface area contributed by atoms with Gasteiger partial charge in [0.2, 0.25) is 0 Å². The maximum Gasteiger partial charge on any atom is 0.317 e. The molecule has 0 bridgehead atoms. The molecule has 1 N–H and O–H groups in total. The third-order valence-electron chi connectivity index (χ3n) is 4.87. The third-order valence-corrected chi connectivity index (χ3v) is 5.12. The van der Waals surface area contributed by atoms with E-state index in [-0.39, 0.29) is 11.4 Å². The average Bonchev–Trinajstić information content (AvgIpc) is 3.49. The fraction of sp³-hybridized carbons (Fsp3) is 0.300. The summed E-state index contributed by atoms with van der Waals surface area (Å²) in [7, 11) is 1.30. The van der Waals surface area contributed by atoms with Crippen LogP contribution >= 0.6 is 11.6 Å². The van der Waals surface area contributed by atoms with Crippen molar-refractivity contribution < 1.29 is 24.0 Å². The number of nitro benzene ring substituents is 1. The van der Waals surface area contributed by atoms with Crippen molar-refractivity contribution in [1.82, 2.24) is 0 Å². The molecule has 0 atom stereocenters. The number of nitro groups is 1. The van der Waals surface area contributed by atoms with Gasteiger partial charge in [-0.15, -0.1) is 0 Å². The van der Waals surface area contributed by atoms with Gasteiger partial charge in [-0.1, -0.05) is 23.7 Å². The highest BCUT2D eigenvalue weighted by Crippen LogP contribution is 2.49. The number of aryl methyl sites for hydroxylation is 1. The van der Waals surface area contributed by atoms with Crippen LogP contribution in [0.25, 0.3) is 0 Å². The van der Waals surface area contributed by atoms with E-state index in [1.165, 1.54) is 19.2 Å². The number of ether oxygens (including phenoxy) is 2. The van der Waals surface area contributed by atoms with E-state index in [9.17, 15) is 19.7 Å². The summed E-state index contributed by atoms with van der Waals surface area (Å²) >= 11 is 5.89. The molecule has 0 aliphatic heterocycles. The summed E-state index contributed by atoms with van der Waals surface area (Å²) in [6.07, 6.45) is 1.29. The molecule has 0 aromatic heterocycles. The van der Waals surface area contributed by atoms with E-state index in [1.54, 1.807) is 31.2 Å². The maximum atomic E-state index is 12.5. The molecular weight excluding hydrogens is 400 g/mol. The van der Waals surface area contributed by atoms with Gasteiger partial charge in [0.15, 0.2) is 12.4 Å². The summed E-state index contributed by atoms with van der Waals surface area (Å²) in [6, 6.07) is 9.65. The van der Waals surface area contributed by atoms with E-state index < -0.39 is 28.8 Å². The molecule has 2 aromatic rings. The van der Waals surface area contributed by atoms with Crippen molar-refractivity contribution in [2.45, 2.75) is 25.2 Å². The van der Waals surface area contributed by atoms with Gasteiger partial charge in [0.1, 0.15) is 0 Å². The van der Waals surface area contributed by atoms with Crippen LogP contribution in [0.4, 0.5) is 11.4 Å². The Morgan fingerprint density at radius 3 is 2.45 bits per heavy atom. The minimum absolute atomic E-state index is 0.0209. The lowest BCUT2D eigenvalue weighted by Crippen LogP contribution is -2.28. The second-order valence-corrected chi connectivity index (χ2v) is 7.25. The number of amides is 1. The van der Waals surface area contributed by atoms with Gasteiger partial charge in [-0.05, 0) is 43.0 Å². The van der Waals surface area contributed by atoms with Gasteiger partial charge in [0.05, 0.1) is 17.4 Å². The molecule has 0 spiro atoms. The second-order valence-electron chi connectivity index (χ2n) is 6.81. The Morgan fingerprint density at radius 2 is 1.90 bits per heavy atom. The molecule has 0 radical (unpaired) electrons. The van der Waals surface area contributed by atoms with E-state index >= 15 is 0 Å². The molecule has 1 aliphatic carbocycles. The van der Waals surface area contributed by atoms with Gasteiger partial charge in [-0.2, -0.15) is 0 Å². The Morgan fingerprint density at radius 1 is 1.24 bits per heavy atom. The van der Waals surface area contributed by atoms with E-state index in [0.717, 1.165) is 5.56 Å². The van der Waals surface area contributed by atoms with Crippen LogP contribution in [-0.2, 0) is 19.7 Å². The lowest BCUT2D eigenvalue weighted by atomic mass is 9.96. The van der Waals surface area contributed by atoms with Crippen LogP contribution in [0, 0.1) is 17.0 Å². The van der Waals surface area contributed by atoms with Crippen molar-refractivity contribution in [3.05, 3.63) is 62.7 Å². The van der Waals surface area contributed by atoms with E-state index in [1.807, 2.05) is 0 Å². The van der Waals surface area contributed by atoms with Crippen molar-refractivity contribution in [2.24, 2.45) is 0 Å². The first-order chi connectivity index (χ1) is 13.8. The smallest absolute Gasteiger partial charge is 0.317 e. The number of esters is 1. The Labute approximate surface area is 171 Å². The van der Waals surface area contributed by atoms with E-state index in [0.29, 0.717) is 29.1 Å². The van der Waals surface area contributed by atoms with Gasteiger partial charge in [-0.25, -0.2) is 0 Å². The van der Waals surface area contributed by atoms with Gasteiger partial charge < -0.3 is 14.8 Å². The fourth-order valence-corrected chi connectivity index (χ4v) is 3.20. The summed E-state index contributed by atoms with van der Waals surface area (Å²) in [5.74, 6) is -0.996. The predicted molar refractivity (Wildman–Crippen MR) is 106 cm³/mol. The zero-order valence-electron chi connectivity index (χ0n) is 15.9. The number of rotatable bonds is 7. The monoisotopic (exact) mass is 418 g/mol. The van der Waals surface area contributed by atoms with Crippen LogP contribution < -0.4 is 10.1 Å². The first-order valence-electron chi connectivity index (χ1n) is 8.83. The SMILES string of the molecule is COc1cc(NC(=O)COC(=O)C2(c3ccc(Cl)cc3)CC2)c(C)cc1[N+](=O)[O-]. The van der Waals surface area contributed by atoms with E-state index in [2.05, 4.69) is 5.32 Å². The number of hydrogen-bond donors (Lipinski definition) is 1. The summed E-state index contributed by atoms with van der Waals surface area (Å²) in [5.41, 5.74) is 0.706. The number of methoxy groups -OCH3 is 1. The average molecular weight is 419 g/mol. The largest absolute Gasteiger partial charge is 0.490 e. The zero-order chi connectivity index (χ0) is 21.2. The standard InChI is InChI=1S/C20H19ClN2O6/c1-12-9-16(23(26)27)17(28-2)10-15(12)22-18(24)11-29-19(25)20(7-8-20)13-3-5-14(21)6-4-13/h3-6,9-10H,7-8,11H2,1-2H3,(H,22,24). The molecule has 1 saturated carbocycles. The highest BCUT2D eigenvalue weighted by atomic mass is 35.5. The van der Waals surface area contributed by atoms with Crippen LogP contribution in [-0.4, -0.2) is 30.5 Å². The normalized spacial score (nSPS) is 14.0. The molecule has 1 fully saturated rings. The predicted octanol–water partition coefficient (Wildman–Crippen LogP) is 3.78. The number of nitrogens with one attached hydrogen (secondary N) is 1. The molecule has 1 aliphatic rings. The molecule has 0 heterocycles. The number of nitrogens with zero attached hydrogens (tertiary/aromatic N) is 1. The lowest BCUT2D eigenvalue weighted by Gasteiger charge is -2.15. The molecule has 8 nitrogen and oxygen atoms in total. The molecule has 29 heavy (non-hydrogen) atoms. The summed E-state index contributed by atoms with van der Waals surface area (Å²) in [6.45, 7) is 1.15. The van der Waals surface area contributed by atoms with Crippen molar-refractivity contribution in [3.8, 4) is 5.75 Å². The first-order valence-corrected chi connectivity index (χ1v) is 9.21. The Balaban J connectivity index is 1.64. The molecule has 9 heteroatoms. The molecule has 152 valence electrons. The highest BCUT2D eigenvalue weighted by molar-refractivity contribution is 6.30. The van der Waals surface area contributed by atoms with E-state index in [4.69, 9.17) is 21.1 Å². The van der Waals surface area contributed by atoms with Gasteiger partial charge in [-0.3, -0.25) is 19.7 Å². The van der Waals surface area contributed by atoms with Crippen molar-refractivity contribution in [3.63, 3.8) is 0 Å². The van der Waals surface area contributed by atoms with Crippen molar-refractivity contribution in [2.75, 3.05) is 19.0 Å². The highest BCUT2D eigenvalue weighted by Gasteiger charge is 2.52. The lowest BCUT2D eigenvalue weighted by molar-refractivity contribution is -0.385. The number of benzene rings is 2. The van der Waals surface area contributed by atoms with Crippen LogP contribution in [0.15, 0.2) is 36.4 Å². The number of hydrogen-bond acceptors (Lipinski definition) is 6. The zero-order valence-corrected chi connectivity index (χ0v) is 16.6. The minimum atomic E-state index is -0.725. The molecule has 3 rings (SSSR count). The van der Waals surface area contributed by atoms with Crippen molar-refractivity contribution >= 4 is 34.9 Å². The van der Waals surface area contributed by atoms with Crippen LogP contribution in [0.3, 0.4) is 0 Å². The van der Waals surface area contributed by atoms with Gasteiger partial charge in [0, 0.05) is 22.8 Å². The minimum Gasteiger partial charge on any atom is -0.490 e. The van der Waals surface area contributed by atoms with Crippen LogP contribution in [0.5, 0.6) is 5.75 Å². The Hall–Kier alpha value is -3.13. The molecule has 1 amide bonds. The quantitative estimate of drug-likeness (QED) is 0.416.